The molecular weight excluding hydrogens is 311 g/mol. The lowest BCUT2D eigenvalue weighted by molar-refractivity contribution is 0.627. The standard InChI is InChI=1S/C17H23FN4S/c1-4-19-17(21-11-14-5-7-15(18)8-6-14)20-10-9-16-12(2)22-13(3)23-16/h5-8H,4,9-11H2,1-3H3,(H2,19,20,21). The van der Waals surface area contributed by atoms with Gasteiger partial charge in [-0.3, -0.25) is 0 Å². The third kappa shape index (κ3) is 5.63. The highest BCUT2D eigenvalue weighted by molar-refractivity contribution is 7.11. The number of halogens is 1. The Balaban J connectivity index is 1.88. The van der Waals surface area contributed by atoms with Crippen LogP contribution in [0.25, 0.3) is 0 Å². The van der Waals surface area contributed by atoms with Gasteiger partial charge in [0.1, 0.15) is 5.82 Å². The van der Waals surface area contributed by atoms with E-state index in [1.807, 2.05) is 20.8 Å². The lowest BCUT2D eigenvalue weighted by Gasteiger charge is -2.11. The first kappa shape index (κ1) is 17.4. The predicted octanol–water partition coefficient (Wildman–Crippen LogP) is 3.20. The molecule has 23 heavy (non-hydrogen) atoms. The number of thiazole rings is 1. The van der Waals surface area contributed by atoms with E-state index < -0.39 is 0 Å². The molecule has 1 heterocycles. The van der Waals surface area contributed by atoms with Gasteiger partial charge < -0.3 is 10.6 Å². The van der Waals surface area contributed by atoms with Gasteiger partial charge >= 0.3 is 0 Å². The maximum absolute atomic E-state index is 12.9. The monoisotopic (exact) mass is 334 g/mol. The molecule has 0 aliphatic rings. The Morgan fingerprint density at radius 3 is 2.57 bits per heavy atom. The summed E-state index contributed by atoms with van der Waals surface area (Å²) in [5.41, 5.74) is 2.10. The topological polar surface area (TPSA) is 49.3 Å². The molecule has 0 spiro atoms. The van der Waals surface area contributed by atoms with Crippen LogP contribution in [0.3, 0.4) is 0 Å². The van der Waals surface area contributed by atoms with Crippen molar-refractivity contribution in [3.8, 4) is 0 Å². The number of guanidine groups is 1. The summed E-state index contributed by atoms with van der Waals surface area (Å²) >= 11 is 1.74. The molecule has 124 valence electrons. The molecular formula is C17H23FN4S. The van der Waals surface area contributed by atoms with Gasteiger partial charge in [0.2, 0.25) is 0 Å². The van der Waals surface area contributed by atoms with Crippen LogP contribution in [0, 0.1) is 19.7 Å². The van der Waals surface area contributed by atoms with Crippen molar-refractivity contribution in [2.45, 2.75) is 33.7 Å². The molecule has 0 amide bonds. The molecule has 2 N–H and O–H groups in total. The minimum absolute atomic E-state index is 0.224. The molecule has 1 aromatic carbocycles. The molecule has 0 aliphatic heterocycles. The first-order valence-electron chi connectivity index (χ1n) is 7.78. The molecule has 0 saturated carbocycles. The van der Waals surface area contributed by atoms with Crippen LogP contribution in [-0.4, -0.2) is 24.0 Å². The van der Waals surface area contributed by atoms with E-state index in [0.717, 1.165) is 41.7 Å². The van der Waals surface area contributed by atoms with Crippen molar-refractivity contribution >= 4 is 17.3 Å². The van der Waals surface area contributed by atoms with Crippen LogP contribution in [0.1, 0.15) is 28.1 Å². The minimum Gasteiger partial charge on any atom is -0.357 e. The summed E-state index contributed by atoms with van der Waals surface area (Å²) in [6.45, 7) is 8.24. The average Bonchev–Trinajstić information content (AvgIpc) is 2.84. The molecule has 6 heteroatoms. The summed E-state index contributed by atoms with van der Waals surface area (Å²) < 4.78 is 12.9. The van der Waals surface area contributed by atoms with Crippen LogP contribution in [-0.2, 0) is 13.0 Å². The molecule has 0 saturated heterocycles. The highest BCUT2D eigenvalue weighted by atomic mass is 32.1. The molecule has 0 bridgehead atoms. The van der Waals surface area contributed by atoms with Crippen molar-refractivity contribution in [1.29, 1.82) is 0 Å². The van der Waals surface area contributed by atoms with E-state index >= 15 is 0 Å². The van der Waals surface area contributed by atoms with Crippen LogP contribution >= 0.6 is 11.3 Å². The number of nitrogens with zero attached hydrogens (tertiary/aromatic N) is 2. The predicted molar refractivity (Wildman–Crippen MR) is 94.5 cm³/mol. The SMILES string of the molecule is CCNC(=NCc1ccc(F)cc1)NCCc1sc(C)nc1C. The highest BCUT2D eigenvalue weighted by Gasteiger charge is 2.05. The first-order chi connectivity index (χ1) is 11.1. The number of hydrogen-bond donors (Lipinski definition) is 2. The van der Waals surface area contributed by atoms with E-state index in [-0.39, 0.29) is 5.82 Å². The largest absolute Gasteiger partial charge is 0.357 e. The van der Waals surface area contributed by atoms with E-state index in [4.69, 9.17) is 0 Å². The molecule has 0 atom stereocenters. The number of aliphatic imine (C=N–C) groups is 1. The number of hydrogen-bond acceptors (Lipinski definition) is 3. The normalized spacial score (nSPS) is 11.6. The summed E-state index contributed by atoms with van der Waals surface area (Å²) in [7, 11) is 0. The molecule has 2 aromatic rings. The Bertz CT molecular complexity index is 649. The second kappa shape index (κ2) is 8.62. The van der Waals surface area contributed by atoms with Crippen molar-refractivity contribution in [2.75, 3.05) is 13.1 Å². The average molecular weight is 334 g/mol. The van der Waals surface area contributed by atoms with Gasteiger partial charge in [-0.1, -0.05) is 12.1 Å². The molecule has 1 aromatic heterocycles. The lowest BCUT2D eigenvalue weighted by Crippen LogP contribution is -2.38. The molecule has 0 radical (unpaired) electrons. The quantitative estimate of drug-likeness (QED) is 0.630. The van der Waals surface area contributed by atoms with Gasteiger partial charge in [0, 0.05) is 24.4 Å². The van der Waals surface area contributed by atoms with E-state index in [1.54, 1.807) is 23.5 Å². The van der Waals surface area contributed by atoms with Crippen LogP contribution < -0.4 is 10.6 Å². The summed E-state index contributed by atoms with van der Waals surface area (Å²) in [6.07, 6.45) is 0.929. The Hall–Kier alpha value is -1.95. The Morgan fingerprint density at radius 1 is 1.22 bits per heavy atom. The van der Waals surface area contributed by atoms with Crippen molar-refractivity contribution in [3.63, 3.8) is 0 Å². The van der Waals surface area contributed by atoms with Gasteiger partial charge in [0.05, 0.1) is 17.2 Å². The molecule has 0 aliphatic carbocycles. The van der Waals surface area contributed by atoms with Crippen LogP contribution in [0.5, 0.6) is 0 Å². The Morgan fingerprint density at radius 2 is 1.96 bits per heavy atom. The van der Waals surface area contributed by atoms with Gasteiger partial charge in [-0.25, -0.2) is 14.4 Å². The Labute approximate surface area is 140 Å². The maximum atomic E-state index is 12.9. The highest BCUT2D eigenvalue weighted by Crippen LogP contribution is 2.17. The van der Waals surface area contributed by atoms with Crippen molar-refractivity contribution in [2.24, 2.45) is 4.99 Å². The van der Waals surface area contributed by atoms with E-state index in [1.165, 1.54) is 17.0 Å². The third-order valence-corrected chi connectivity index (χ3v) is 4.45. The van der Waals surface area contributed by atoms with Crippen molar-refractivity contribution < 1.29 is 4.39 Å². The van der Waals surface area contributed by atoms with E-state index in [0.29, 0.717) is 6.54 Å². The van der Waals surface area contributed by atoms with Gasteiger partial charge in [-0.2, -0.15) is 0 Å². The second-order valence-electron chi connectivity index (χ2n) is 5.24. The van der Waals surface area contributed by atoms with E-state index in [2.05, 4.69) is 20.6 Å². The second-order valence-corrected chi connectivity index (χ2v) is 6.53. The van der Waals surface area contributed by atoms with E-state index in [9.17, 15) is 4.39 Å². The van der Waals surface area contributed by atoms with Gasteiger partial charge in [-0.15, -0.1) is 11.3 Å². The van der Waals surface area contributed by atoms with Gasteiger partial charge in [0.15, 0.2) is 5.96 Å². The zero-order valence-electron chi connectivity index (χ0n) is 13.8. The fraction of sp³-hybridized carbons (Fsp3) is 0.412. The number of benzene rings is 1. The number of aromatic nitrogens is 1. The fourth-order valence-electron chi connectivity index (χ4n) is 2.20. The minimum atomic E-state index is -0.224. The first-order valence-corrected chi connectivity index (χ1v) is 8.59. The molecule has 0 unspecified atom stereocenters. The van der Waals surface area contributed by atoms with Crippen molar-refractivity contribution in [1.82, 2.24) is 15.6 Å². The smallest absolute Gasteiger partial charge is 0.191 e. The summed E-state index contributed by atoms with van der Waals surface area (Å²) in [5, 5.41) is 7.66. The third-order valence-electron chi connectivity index (χ3n) is 3.32. The lowest BCUT2D eigenvalue weighted by atomic mass is 10.2. The number of nitrogens with one attached hydrogen (secondary N) is 2. The molecule has 2 rings (SSSR count). The maximum Gasteiger partial charge on any atom is 0.191 e. The summed E-state index contributed by atoms with van der Waals surface area (Å²) in [4.78, 5) is 10.3. The van der Waals surface area contributed by atoms with Crippen molar-refractivity contribution in [3.05, 3.63) is 51.2 Å². The fourth-order valence-corrected chi connectivity index (χ4v) is 3.14. The molecule has 4 nitrogen and oxygen atoms in total. The summed E-state index contributed by atoms with van der Waals surface area (Å²) in [5.74, 6) is 0.550. The number of aryl methyl sites for hydroxylation is 2. The zero-order valence-corrected chi connectivity index (χ0v) is 14.6. The molecule has 0 fully saturated rings. The van der Waals surface area contributed by atoms with Gasteiger partial charge in [0.25, 0.3) is 0 Å². The summed E-state index contributed by atoms with van der Waals surface area (Å²) in [6, 6.07) is 6.43. The van der Waals surface area contributed by atoms with Gasteiger partial charge in [-0.05, 0) is 38.5 Å². The number of rotatable bonds is 6. The van der Waals surface area contributed by atoms with Crippen LogP contribution in [0.15, 0.2) is 29.3 Å². The van der Waals surface area contributed by atoms with Crippen LogP contribution in [0.4, 0.5) is 4.39 Å². The van der Waals surface area contributed by atoms with Crippen LogP contribution in [0.2, 0.25) is 0 Å². The zero-order chi connectivity index (χ0) is 16.7. The Kier molecular flexibility index (Phi) is 6.52.